The van der Waals surface area contributed by atoms with Gasteiger partial charge in [0, 0.05) is 16.7 Å². The van der Waals surface area contributed by atoms with Gasteiger partial charge in [-0.25, -0.2) is 4.99 Å². The average Bonchev–Trinajstić information content (AvgIpc) is 3.31. The van der Waals surface area contributed by atoms with Crippen molar-refractivity contribution < 1.29 is 18.3 Å². The summed E-state index contributed by atoms with van der Waals surface area (Å²) in [7, 11) is 0. The number of halogens is 3. The third-order valence-electron chi connectivity index (χ3n) is 5.28. The van der Waals surface area contributed by atoms with E-state index >= 15 is 0 Å². The Morgan fingerprint density at radius 2 is 1.67 bits per heavy atom. The van der Waals surface area contributed by atoms with Crippen LogP contribution in [0.3, 0.4) is 0 Å². The quantitative estimate of drug-likeness (QED) is 0.362. The summed E-state index contributed by atoms with van der Waals surface area (Å²) in [6.07, 6.45) is -2.79. The van der Waals surface area contributed by atoms with Crippen LogP contribution in [0.5, 0.6) is 5.88 Å². The fourth-order valence-electron chi connectivity index (χ4n) is 3.76. The molecule has 0 fully saturated rings. The van der Waals surface area contributed by atoms with Gasteiger partial charge in [-0.3, -0.25) is 9.98 Å². The topological polar surface area (TPSA) is 61.4 Å². The van der Waals surface area contributed by atoms with E-state index in [1.165, 1.54) is 12.1 Å². The molecule has 1 aliphatic heterocycles. The molecule has 2 N–H and O–H groups in total. The van der Waals surface area contributed by atoms with E-state index in [1.54, 1.807) is 6.08 Å². The first kappa shape index (κ1) is 21.0. The maximum atomic E-state index is 13.2. The molecule has 1 aromatic heterocycles. The molecular formula is C25H16F3N3OS. The molecule has 0 atom stereocenters. The highest BCUT2D eigenvalue weighted by atomic mass is 32.1. The SMILES string of the molecule is N=c1sc(/C=C2\C(c3ccccc3)=Nc3ccccc32)c(O)n1-c1cccc(C(F)(F)F)c1. The van der Waals surface area contributed by atoms with Crippen LogP contribution in [-0.2, 0) is 6.18 Å². The zero-order chi connectivity index (χ0) is 23.2. The Balaban J connectivity index is 1.65. The molecule has 0 radical (unpaired) electrons. The zero-order valence-electron chi connectivity index (χ0n) is 17.0. The maximum Gasteiger partial charge on any atom is 0.416 e. The van der Waals surface area contributed by atoms with E-state index in [9.17, 15) is 18.3 Å². The van der Waals surface area contributed by atoms with Crippen molar-refractivity contribution >= 4 is 34.4 Å². The second-order valence-corrected chi connectivity index (χ2v) is 8.41. The van der Waals surface area contributed by atoms with E-state index in [4.69, 9.17) is 10.4 Å². The van der Waals surface area contributed by atoms with Crippen LogP contribution in [-0.4, -0.2) is 15.4 Å². The smallest absolute Gasteiger partial charge is 0.416 e. The summed E-state index contributed by atoms with van der Waals surface area (Å²) >= 11 is 0.975. The molecule has 2 heterocycles. The largest absolute Gasteiger partial charge is 0.493 e. The Morgan fingerprint density at radius 3 is 2.42 bits per heavy atom. The highest BCUT2D eigenvalue weighted by Gasteiger charge is 2.31. The van der Waals surface area contributed by atoms with E-state index < -0.39 is 11.7 Å². The summed E-state index contributed by atoms with van der Waals surface area (Å²) in [5, 5.41) is 19.2. The molecule has 3 aromatic carbocycles. The van der Waals surface area contributed by atoms with Crippen molar-refractivity contribution in [2.45, 2.75) is 6.18 Å². The highest BCUT2D eigenvalue weighted by Crippen LogP contribution is 2.40. The fraction of sp³-hybridized carbons (Fsp3) is 0.0400. The Labute approximate surface area is 190 Å². The van der Waals surface area contributed by atoms with Gasteiger partial charge < -0.3 is 5.11 Å². The Hall–Kier alpha value is -3.91. The summed E-state index contributed by atoms with van der Waals surface area (Å²) in [6, 6.07) is 21.8. The third kappa shape index (κ3) is 3.78. The molecule has 0 saturated heterocycles. The van der Waals surface area contributed by atoms with E-state index in [2.05, 4.69) is 0 Å². The lowest BCUT2D eigenvalue weighted by molar-refractivity contribution is -0.137. The van der Waals surface area contributed by atoms with Crippen molar-refractivity contribution in [2.24, 2.45) is 4.99 Å². The first-order chi connectivity index (χ1) is 15.8. The molecule has 8 heteroatoms. The van der Waals surface area contributed by atoms with Crippen LogP contribution < -0.4 is 4.80 Å². The van der Waals surface area contributed by atoms with Gasteiger partial charge in [0.2, 0.25) is 5.88 Å². The lowest BCUT2D eigenvalue weighted by Gasteiger charge is -2.10. The molecule has 0 aliphatic carbocycles. The minimum atomic E-state index is -4.52. The van der Waals surface area contributed by atoms with E-state index in [0.717, 1.165) is 56.1 Å². The molecule has 0 unspecified atom stereocenters. The number of hydrogen-bond donors (Lipinski definition) is 2. The summed E-state index contributed by atoms with van der Waals surface area (Å²) in [5.41, 5.74) is 3.27. The monoisotopic (exact) mass is 463 g/mol. The normalized spacial score (nSPS) is 14.4. The number of aromatic nitrogens is 1. The van der Waals surface area contributed by atoms with Crippen molar-refractivity contribution in [2.75, 3.05) is 0 Å². The molecule has 5 rings (SSSR count). The van der Waals surface area contributed by atoms with Crippen molar-refractivity contribution in [3.63, 3.8) is 0 Å². The molecule has 33 heavy (non-hydrogen) atoms. The molecule has 0 saturated carbocycles. The van der Waals surface area contributed by atoms with Gasteiger partial charge in [-0.1, -0.05) is 65.9 Å². The Kier molecular flexibility index (Phi) is 5.02. The van der Waals surface area contributed by atoms with E-state index in [0.29, 0.717) is 4.88 Å². The number of aromatic hydroxyl groups is 1. The first-order valence-corrected chi connectivity index (χ1v) is 10.8. The molecular weight excluding hydrogens is 447 g/mol. The molecule has 0 spiro atoms. The van der Waals surface area contributed by atoms with Crippen LogP contribution >= 0.6 is 11.3 Å². The number of allylic oxidation sites excluding steroid dienone is 1. The van der Waals surface area contributed by atoms with E-state index in [1.807, 2.05) is 54.6 Å². The summed E-state index contributed by atoms with van der Waals surface area (Å²) < 4.78 is 40.6. The van der Waals surface area contributed by atoms with Crippen LogP contribution in [0.1, 0.15) is 21.6 Å². The van der Waals surface area contributed by atoms with Gasteiger partial charge in [-0.05, 0) is 30.3 Å². The minimum Gasteiger partial charge on any atom is -0.493 e. The van der Waals surface area contributed by atoms with Crippen LogP contribution in [0.15, 0.2) is 83.9 Å². The second-order valence-electron chi connectivity index (χ2n) is 7.38. The van der Waals surface area contributed by atoms with Crippen LogP contribution in [0.2, 0.25) is 0 Å². The second kappa shape index (κ2) is 7.90. The number of thiazole rings is 1. The third-order valence-corrected chi connectivity index (χ3v) is 6.17. The molecule has 164 valence electrons. The van der Waals surface area contributed by atoms with Gasteiger partial charge in [0.05, 0.1) is 27.5 Å². The Morgan fingerprint density at radius 1 is 0.939 bits per heavy atom. The number of fused-ring (bicyclic) bond motifs is 1. The summed E-state index contributed by atoms with van der Waals surface area (Å²) in [4.78, 5) is 5.01. The number of hydrogen-bond acceptors (Lipinski definition) is 4. The molecule has 0 bridgehead atoms. The standard InChI is InChI=1S/C25H16F3N3OS/c26-25(27,28)16-9-6-10-17(13-16)31-23(32)21(33-24(31)29)14-19-18-11-4-5-12-20(18)30-22(19)15-7-2-1-3-8-15/h1-14,29,32H/b19-14-,29-24?. The predicted octanol–water partition coefficient (Wildman–Crippen LogP) is 6.42. The number of alkyl halides is 3. The molecule has 4 aromatic rings. The molecule has 4 nitrogen and oxygen atoms in total. The molecule has 1 aliphatic rings. The van der Waals surface area contributed by atoms with Crippen molar-refractivity contribution in [1.29, 1.82) is 5.41 Å². The zero-order valence-corrected chi connectivity index (χ0v) is 17.8. The van der Waals surface area contributed by atoms with Gasteiger partial charge in [0.1, 0.15) is 0 Å². The minimum absolute atomic E-state index is 0.0667. The molecule has 0 amide bonds. The number of para-hydroxylation sites is 1. The van der Waals surface area contributed by atoms with Gasteiger partial charge in [-0.15, -0.1) is 0 Å². The van der Waals surface area contributed by atoms with Gasteiger partial charge in [-0.2, -0.15) is 13.2 Å². The number of aliphatic imine (C=N–C) groups is 1. The number of rotatable bonds is 3. The Bertz CT molecular complexity index is 1480. The lowest BCUT2D eigenvalue weighted by Crippen LogP contribution is -2.12. The van der Waals surface area contributed by atoms with Gasteiger partial charge >= 0.3 is 6.18 Å². The van der Waals surface area contributed by atoms with Gasteiger partial charge in [0.15, 0.2) is 4.80 Å². The maximum absolute atomic E-state index is 13.2. The number of benzene rings is 3. The predicted molar refractivity (Wildman–Crippen MR) is 123 cm³/mol. The van der Waals surface area contributed by atoms with Crippen LogP contribution in [0.25, 0.3) is 17.3 Å². The lowest BCUT2D eigenvalue weighted by atomic mass is 9.97. The number of nitrogens with zero attached hydrogens (tertiary/aromatic N) is 2. The fourth-order valence-corrected chi connectivity index (χ4v) is 4.61. The number of nitrogens with one attached hydrogen (secondary N) is 1. The van der Waals surface area contributed by atoms with Gasteiger partial charge in [0.25, 0.3) is 0 Å². The van der Waals surface area contributed by atoms with Crippen LogP contribution in [0, 0.1) is 5.41 Å². The highest BCUT2D eigenvalue weighted by molar-refractivity contribution is 7.10. The van der Waals surface area contributed by atoms with Crippen molar-refractivity contribution in [1.82, 2.24) is 4.57 Å². The van der Waals surface area contributed by atoms with E-state index in [-0.39, 0.29) is 16.4 Å². The summed E-state index contributed by atoms with van der Waals surface area (Å²) in [5.74, 6) is -0.298. The van der Waals surface area contributed by atoms with Crippen LogP contribution in [0.4, 0.5) is 18.9 Å². The average molecular weight is 463 g/mol. The first-order valence-electron chi connectivity index (χ1n) is 9.95. The van der Waals surface area contributed by atoms with Crippen molar-refractivity contribution in [3.8, 4) is 11.6 Å². The van der Waals surface area contributed by atoms with Crippen molar-refractivity contribution in [3.05, 3.63) is 105 Å². The summed E-state index contributed by atoms with van der Waals surface area (Å²) in [6.45, 7) is 0.